The van der Waals surface area contributed by atoms with Crippen molar-refractivity contribution in [2.24, 2.45) is 0 Å². The number of nitrogens with zero attached hydrogens (tertiary/aromatic N) is 2. The number of benzene rings is 1. The first-order chi connectivity index (χ1) is 8.20. The Kier molecular flexibility index (Phi) is 3.81. The number of rotatable bonds is 3. The molecule has 17 heavy (non-hydrogen) atoms. The second-order valence-corrected chi connectivity index (χ2v) is 4.34. The Morgan fingerprint density at radius 3 is 2.82 bits per heavy atom. The Morgan fingerprint density at radius 2 is 2.12 bits per heavy atom. The van der Waals surface area contributed by atoms with Crippen molar-refractivity contribution in [2.75, 3.05) is 7.11 Å². The van der Waals surface area contributed by atoms with Crippen LogP contribution in [0.3, 0.4) is 0 Å². The average Bonchev–Trinajstić information content (AvgIpc) is 2.29. The van der Waals surface area contributed by atoms with Gasteiger partial charge >= 0.3 is 0 Å². The predicted molar refractivity (Wildman–Crippen MR) is 67.8 cm³/mol. The predicted octanol–water partition coefficient (Wildman–Crippen LogP) is 3.69. The third kappa shape index (κ3) is 2.87. The van der Waals surface area contributed by atoms with Crippen LogP contribution in [0, 0.1) is 0 Å². The molecule has 0 fully saturated rings. The molecule has 1 aromatic carbocycles. The Labute approximate surface area is 112 Å². The minimum Gasteiger partial charge on any atom is -0.489 e. The zero-order chi connectivity index (χ0) is 12.3. The fourth-order valence-electron chi connectivity index (χ4n) is 1.22. The number of hydrogen-bond acceptors (Lipinski definition) is 4. The lowest BCUT2D eigenvalue weighted by Gasteiger charge is -2.09. The third-order valence-corrected chi connectivity index (χ3v) is 2.70. The van der Waals surface area contributed by atoms with Crippen molar-refractivity contribution in [1.82, 2.24) is 9.97 Å². The molecule has 1 heterocycles. The summed E-state index contributed by atoms with van der Waals surface area (Å²) in [6.07, 6.45) is 1.32. The molecule has 4 nitrogen and oxygen atoms in total. The van der Waals surface area contributed by atoms with Crippen LogP contribution in [0.1, 0.15) is 0 Å². The van der Waals surface area contributed by atoms with Gasteiger partial charge in [-0.05, 0) is 18.2 Å². The highest BCUT2D eigenvalue weighted by Crippen LogP contribution is 2.34. The smallest absolute Gasteiger partial charge is 0.267 e. The molecule has 0 saturated heterocycles. The second-order valence-electron chi connectivity index (χ2n) is 3.06. The van der Waals surface area contributed by atoms with Crippen molar-refractivity contribution in [1.29, 1.82) is 0 Å². The molecule has 0 radical (unpaired) electrons. The van der Waals surface area contributed by atoms with Gasteiger partial charge in [0, 0.05) is 4.47 Å². The van der Waals surface area contributed by atoms with E-state index in [1.54, 1.807) is 6.07 Å². The van der Waals surface area contributed by atoms with Gasteiger partial charge in [0.2, 0.25) is 5.75 Å². The van der Waals surface area contributed by atoms with E-state index in [0.29, 0.717) is 11.5 Å². The Hall–Kier alpha value is -1.33. The molecule has 0 saturated carbocycles. The molecule has 6 heteroatoms. The first kappa shape index (κ1) is 12.1. The van der Waals surface area contributed by atoms with Crippen LogP contribution in [-0.4, -0.2) is 17.1 Å². The zero-order valence-electron chi connectivity index (χ0n) is 8.85. The highest BCUT2D eigenvalue weighted by atomic mass is 79.9. The van der Waals surface area contributed by atoms with Crippen LogP contribution in [0.25, 0.3) is 0 Å². The van der Waals surface area contributed by atoms with Gasteiger partial charge in [0.1, 0.15) is 12.1 Å². The molecular formula is C11H8BrClN2O2. The van der Waals surface area contributed by atoms with Crippen molar-refractivity contribution >= 4 is 27.5 Å². The summed E-state index contributed by atoms with van der Waals surface area (Å²) in [6.45, 7) is 0. The summed E-state index contributed by atoms with van der Waals surface area (Å²) >= 11 is 9.22. The second kappa shape index (κ2) is 5.33. The SMILES string of the molecule is COc1c(Cl)ncnc1Oc1cccc(Br)c1. The summed E-state index contributed by atoms with van der Waals surface area (Å²) in [5.41, 5.74) is 0. The van der Waals surface area contributed by atoms with Gasteiger partial charge in [-0.15, -0.1) is 0 Å². The lowest BCUT2D eigenvalue weighted by atomic mass is 10.3. The summed E-state index contributed by atoms with van der Waals surface area (Å²) in [4.78, 5) is 7.79. The van der Waals surface area contributed by atoms with Crippen LogP contribution in [0.2, 0.25) is 5.15 Å². The number of aromatic nitrogens is 2. The first-order valence-electron chi connectivity index (χ1n) is 4.68. The summed E-state index contributed by atoms with van der Waals surface area (Å²) in [5, 5.41) is 0.215. The highest BCUT2D eigenvalue weighted by Gasteiger charge is 2.12. The van der Waals surface area contributed by atoms with Crippen LogP contribution < -0.4 is 9.47 Å². The monoisotopic (exact) mass is 314 g/mol. The normalized spacial score (nSPS) is 10.1. The summed E-state index contributed by atoms with van der Waals surface area (Å²) in [7, 11) is 1.48. The van der Waals surface area contributed by atoms with E-state index >= 15 is 0 Å². The van der Waals surface area contributed by atoms with Gasteiger partial charge in [-0.2, -0.15) is 4.98 Å². The summed E-state index contributed by atoms with van der Waals surface area (Å²) in [5.74, 6) is 1.23. The van der Waals surface area contributed by atoms with E-state index in [9.17, 15) is 0 Å². The topological polar surface area (TPSA) is 44.2 Å². The first-order valence-corrected chi connectivity index (χ1v) is 5.85. The number of ether oxygens (including phenoxy) is 2. The quantitative estimate of drug-likeness (QED) is 0.810. The maximum atomic E-state index is 5.86. The molecule has 0 N–H and O–H groups in total. The van der Waals surface area contributed by atoms with Gasteiger partial charge in [-0.3, -0.25) is 0 Å². The van der Waals surface area contributed by atoms with Crippen LogP contribution >= 0.6 is 27.5 Å². The molecule has 2 rings (SSSR count). The zero-order valence-corrected chi connectivity index (χ0v) is 11.2. The Bertz CT molecular complexity index is 537. The van der Waals surface area contributed by atoms with Crippen molar-refractivity contribution < 1.29 is 9.47 Å². The number of methoxy groups -OCH3 is 1. The largest absolute Gasteiger partial charge is 0.489 e. The molecule has 0 aliphatic rings. The van der Waals surface area contributed by atoms with E-state index in [1.807, 2.05) is 18.2 Å². The molecule has 0 unspecified atom stereocenters. The minimum atomic E-state index is 0.215. The number of halogens is 2. The van der Waals surface area contributed by atoms with Crippen molar-refractivity contribution in [3.8, 4) is 17.4 Å². The average molecular weight is 316 g/mol. The van der Waals surface area contributed by atoms with Crippen LogP contribution in [0.4, 0.5) is 0 Å². The third-order valence-electron chi connectivity index (χ3n) is 1.94. The molecule has 0 amide bonds. The molecule has 2 aromatic rings. The Balaban J connectivity index is 2.33. The lowest BCUT2D eigenvalue weighted by molar-refractivity contribution is 0.367. The van der Waals surface area contributed by atoms with Crippen LogP contribution in [0.15, 0.2) is 35.1 Å². The van der Waals surface area contributed by atoms with Crippen LogP contribution in [-0.2, 0) is 0 Å². The molecule has 0 bridgehead atoms. The molecule has 0 spiro atoms. The van der Waals surface area contributed by atoms with E-state index in [1.165, 1.54) is 13.4 Å². The van der Waals surface area contributed by atoms with E-state index in [0.717, 1.165) is 4.47 Å². The Morgan fingerprint density at radius 1 is 1.29 bits per heavy atom. The molecule has 88 valence electrons. The molecule has 0 aliphatic carbocycles. The van der Waals surface area contributed by atoms with E-state index < -0.39 is 0 Å². The van der Waals surface area contributed by atoms with Gasteiger partial charge in [0.25, 0.3) is 5.88 Å². The van der Waals surface area contributed by atoms with Gasteiger partial charge in [-0.25, -0.2) is 4.98 Å². The van der Waals surface area contributed by atoms with E-state index in [-0.39, 0.29) is 11.0 Å². The molecule has 0 atom stereocenters. The molecular weight excluding hydrogens is 307 g/mol. The van der Waals surface area contributed by atoms with Gasteiger partial charge in [-0.1, -0.05) is 33.6 Å². The maximum Gasteiger partial charge on any atom is 0.267 e. The van der Waals surface area contributed by atoms with Crippen molar-refractivity contribution in [2.45, 2.75) is 0 Å². The fraction of sp³-hybridized carbons (Fsp3) is 0.0909. The molecule has 0 aliphatic heterocycles. The van der Waals surface area contributed by atoms with E-state index in [4.69, 9.17) is 21.1 Å². The van der Waals surface area contributed by atoms with Gasteiger partial charge < -0.3 is 9.47 Å². The van der Waals surface area contributed by atoms with Crippen molar-refractivity contribution in [3.05, 3.63) is 40.2 Å². The lowest BCUT2D eigenvalue weighted by Crippen LogP contribution is -1.95. The van der Waals surface area contributed by atoms with E-state index in [2.05, 4.69) is 25.9 Å². The number of hydrogen-bond donors (Lipinski definition) is 0. The van der Waals surface area contributed by atoms with Gasteiger partial charge in [0.05, 0.1) is 7.11 Å². The van der Waals surface area contributed by atoms with Crippen molar-refractivity contribution in [3.63, 3.8) is 0 Å². The van der Waals surface area contributed by atoms with Crippen LogP contribution in [0.5, 0.6) is 17.4 Å². The highest BCUT2D eigenvalue weighted by molar-refractivity contribution is 9.10. The maximum absolute atomic E-state index is 5.86. The summed E-state index contributed by atoms with van der Waals surface area (Å²) < 4.78 is 11.6. The minimum absolute atomic E-state index is 0.215. The van der Waals surface area contributed by atoms with Gasteiger partial charge in [0.15, 0.2) is 5.15 Å². The molecule has 1 aromatic heterocycles. The summed E-state index contributed by atoms with van der Waals surface area (Å²) in [6, 6.07) is 7.38. The standard InChI is InChI=1S/C11H8BrClN2O2/c1-16-9-10(13)14-6-15-11(9)17-8-4-2-3-7(12)5-8/h2-6H,1H3. The fourth-order valence-corrected chi connectivity index (χ4v) is 1.80.